The molecule has 1 aliphatic rings. The lowest BCUT2D eigenvalue weighted by atomic mass is 10.0. The zero-order valence-electron chi connectivity index (χ0n) is 8.98. The van der Waals surface area contributed by atoms with Gasteiger partial charge in [-0.25, -0.2) is 0 Å². The summed E-state index contributed by atoms with van der Waals surface area (Å²) >= 11 is 6.94. The summed E-state index contributed by atoms with van der Waals surface area (Å²) in [6.45, 7) is 0. The van der Waals surface area contributed by atoms with Crippen LogP contribution in [0.5, 0.6) is 0 Å². The molecule has 1 aliphatic carbocycles. The van der Waals surface area contributed by atoms with Gasteiger partial charge >= 0.3 is 5.97 Å². The summed E-state index contributed by atoms with van der Waals surface area (Å²) in [4.78, 5) is 23.3. The molecule has 2 atom stereocenters. The number of hydrogen-bond acceptors (Lipinski definition) is 3. The van der Waals surface area contributed by atoms with Gasteiger partial charge in [0.15, 0.2) is 0 Å². The van der Waals surface area contributed by atoms with Gasteiger partial charge in [-0.3, -0.25) is 9.59 Å². The topological polar surface area (TPSA) is 66.4 Å². The van der Waals surface area contributed by atoms with Gasteiger partial charge in [0.25, 0.3) is 5.91 Å². The van der Waals surface area contributed by atoms with Crippen molar-refractivity contribution in [2.45, 2.75) is 25.3 Å². The van der Waals surface area contributed by atoms with Crippen molar-refractivity contribution in [1.29, 1.82) is 0 Å². The van der Waals surface area contributed by atoms with Crippen molar-refractivity contribution in [3.8, 4) is 0 Å². The van der Waals surface area contributed by atoms with Crippen LogP contribution < -0.4 is 5.32 Å². The molecule has 1 saturated carbocycles. The predicted octanol–water partition coefficient (Wildman–Crippen LogP) is 2.38. The predicted molar refractivity (Wildman–Crippen MR) is 65.6 cm³/mol. The molecule has 0 spiro atoms. The van der Waals surface area contributed by atoms with E-state index in [-0.39, 0.29) is 11.9 Å². The summed E-state index contributed by atoms with van der Waals surface area (Å²) in [7, 11) is 0. The number of amides is 1. The largest absolute Gasteiger partial charge is 0.481 e. The van der Waals surface area contributed by atoms with Crippen molar-refractivity contribution in [2.75, 3.05) is 0 Å². The number of carboxylic acid groups (broad SMARTS) is 1. The first-order valence-electron chi connectivity index (χ1n) is 5.37. The van der Waals surface area contributed by atoms with E-state index < -0.39 is 11.9 Å². The van der Waals surface area contributed by atoms with E-state index >= 15 is 0 Å². The first-order valence-corrected chi connectivity index (χ1v) is 6.56. The molecule has 92 valence electrons. The van der Waals surface area contributed by atoms with Crippen molar-refractivity contribution < 1.29 is 14.7 Å². The SMILES string of the molecule is O=C(N[C@H]1CCC[C@H]1C(=O)O)c1ccc(Cl)s1. The third-order valence-corrected chi connectivity index (χ3v) is 4.18. The highest BCUT2D eigenvalue weighted by Crippen LogP contribution is 2.27. The van der Waals surface area contributed by atoms with Crippen molar-refractivity contribution in [1.82, 2.24) is 5.32 Å². The Labute approximate surface area is 108 Å². The fourth-order valence-corrected chi connectivity index (χ4v) is 3.05. The second-order valence-corrected chi connectivity index (χ2v) is 5.77. The monoisotopic (exact) mass is 273 g/mol. The number of nitrogens with one attached hydrogen (secondary N) is 1. The van der Waals surface area contributed by atoms with Gasteiger partial charge in [-0.1, -0.05) is 18.0 Å². The van der Waals surface area contributed by atoms with Crippen molar-refractivity contribution in [3.05, 3.63) is 21.3 Å². The fraction of sp³-hybridized carbons (Fsp3) is 0.455. The zero-order chi connectivity index (χ0) is 12.4. The van der Waals surface area contributed by atoms with Gasteiger partial charge < -0.3 is 10.4 Å². The van der Waals surface area contributed by atoms with Gasteiger partial charge in [0.1, 0.15) is 0 Å². The fourth-order valence-electron chi connectivity index (χ4n) is 2.10. The highest BCUT2D eigenvalue weighted by atomic mass is 35.5. The van der Waals surface area contributed by atoms with Crippen LogP contribution in [0.3, 0.4) is 0 Å². The average molecular weight is 274 g/mol. The molecule has 1 fully saturated rings. The summed E-state index contributed by atoms with van der Waals surface area (Å²) in [5, 5.41) is 11.8. The number of carbonyl (C=O) groups excluding carboxylic acids is 1. The van der Waals surface area contributed by atoms with Crippen LogP contribution in [-0.2, 0) is 4.79 Å². The van der Waals surface area contributed by atoms with Crippen LogP contribution in [0.4, 0.5) is 0 Å². The van der Waals surface area contributed by atoms with E-state index in [4.69, 9.17) is 16.7 Å². The molecule has 0 aromatic carbocycles. The Balaban J connectivity index is 2.01. The van der Waals surface area contributed by atoms with E-state index in [2.05, 4.69) is 5.32 Å². The Morgan fingerprint density at radius 3 is 2.76 bits per heavy atom. The number of carboxylic acids is 1. The van der Waals surface area contributed by atoms with Gasteiger partial charge in [0.2, 0.25) is 0 Å². The molecule has 6 heteroatoms. The summed E-state index contributed by atoms with van der Waals surface area (Å²) in [5.41, 5.74) is 0. The Kier molecular flexibility index (Phi) is 3.69. The molecule has 0 aliphatic heterocycles. The lowest BCUT2D eigenvalue weighted by molar-refractivity contribution is -0.142. The van der Waals surface area contributed by atoms with Crippen LogP contribution in [0.15, 0.2) is 12.1 Å². The van der Waals surface area contributed by atoms with Crippen LogP contribution in [0.25, 0.3) is 0 Å². The van der Waals surface area contributed by atoms with Gasteiger partial charge in [-0.05, 0) is 25.0 Å². The van der Waals surface area contributed by atoms with Crippen LogP contribution in [0.2, 0.25) is 4.34 Å². The summed E-state index contributed by atoms with van der Waals surface area (Å²) in [5.74, 6) is -1.54. The van der Waals surface area contributed by atoms with Gasteiger partial charge in [0.05, 0.1) is 15.1 Å². The van der Waals surface area contributed by atoms with E-state index in [1.54, 1.807) is 12.1 Å². The van der Waals surface area contributed by atoms with Crippen LogP contribution in [0, 0.1) is 5.92 Å². The number of rotatable bonds is 3. The van der Waals surface area contributed by atoms with Crippen molar-refractivity contribution >= 4 is 34.8 Å². The number of aliphatic carboxylic acids is 1. The minimum Gasteiger partial charge on any atom is -0.481 e. The van der Waals surface area contributed by atoms with Crippen molar-refractivity contribution in [3.63, 3.8) is 0 Å². The normalized spacial score (nSPS) is 23.6. The molecule has 2 N–H and O–H groups in total. The molecule has 17 heavy (non-hydrogen) atoms. The molecule has 2 rings (SSSR count). The first kappa shape index (κ1) is 12.4. The summed E-state index contributed by atoms with van der Waals surface area (Å²) in [6, 6.07) is 3.04. The molecule has 1 aromatic heterocycles. The maximum atomic E-state index is 11.8. The van der Waals surface area contributed by atoms with E-state index in [1.807, 2.05) is 0 Å². The van der Waals surface area contributed by atoms with E-state index in [0.29, 0.717) is 15.6 Å². The van der Waals surface area contributed by atoms with Crippen LogP contribution in [-0.4, -0.2) is 23.0 Å². The third-order valence-electron chi connectivity index (χ3n) is 2.95. The minimum absolute atomic E-state index is 0.236. The third kappa shape index (κ3) is 2.79. The molecule has 1 aromatic rings. The first-order chi connectivity index (χ1) is 8.08. The second-order valence-electron chi connectivity index (χ2n) is 4.06. The maximum Gasteiger partial charge on any atom is 0.308 e. The van der Waals surface area contributed by atoms with E-state index in [0.717, 1.165) is 12.8 Å². The highest BCUT2D eigenvalue weighted by Gasteiger charge is 2.34. The Morgan fingerprint density at radius 2 is 2.18 bits per heavy atom. The molecule has 4 nitrogen and oxygen atoms in total. The summed E-state index contributed by atoms with van der Waals surface area (Å²) in [6.07, 6.45) is 2.19. The molecule has 1 amide bonds. The lowest BCUT2D eigenvalue weighted by Crippen LogP contribution is -2.39. The average Bonchev–Trinajstić information content (AvgIpc) is 2.86. The van der Waals surface area contributed by atoms with E-state index in [9.17, 15) is 9.59 Å². The van der Waals surface area contributed by atoms with Gasteiger partial charge in [-0.2, -0.15) is 0 Å². The van der Waals surface area contributed by atoms with Crippen LogP contribution >= 0.6 is 22.9 Å². The quantitative estimate of drug-likeness (QED) is 0.889. The molecule has 0 bridgehead atoms. The Bertz CT molecular complexity index is 446. The zero-order valence-corrected chi connectivity index (χ0v) is 10.6. The standard InChI is InChI=1S/C11H12ClNO3S/c12-9-5-4-8(17-9)10(14)13-7-3-1-2-6(7)11(15)16/h4-7H,1-3H2,(H,13,14)(H,15,16)/t6-,7+/m1/s1. The molecular formula is C11H12ClNO3S. The summed E-state index contributed by atoms with van der Waals surface area (Å²) < 4.78 is 0.552. The van der Waals surface area contributed by atoms with Gasteiger partial charge in [-0.15, -0.1) is 11.3 Å². The highest BCUT2D eigenvalue weighted by molar-refractivity contribution is 7.17. The lowest BCUT2D eigenvalue weighted by Gasteiger charge is -2.16. The van der Waals surface area contributed by atoms with Crippen molar-refractivity contribution in [2.24, 2.45) is 5.92 Å². The molecule has 0 saturated heterocycles. The number of hydrogen-bond donors (Lipinski definition) is 2. The number of halogens is 1. The molecule has 0 unspecified atom stereocenters. The molecule has 0 radical (unpaired) electrons. The second kappa shape index (κ2) is 5.06. The number of thiophene rings is 1. The smallest absolute Gasteiger partial charge is 0.308 e. The number of carbonyl (C=O) groups is 2. The van der Waals surface area contributed by atoms with E-state index in [1.165, 1.54) is 11.3 Å². The van der Waals surface area contributed by atoms with Gasteiger partial charge in [0, 0.05) is 6.04 Å². The molecule has 1 heterocycles. The Morgan fingerprint density at radius 1 is 1.41 bits per heavy atom. The minimum atomic E-state index is -0.836. The molecular weight excluding hydrogens is 262 g/mol. The maximum absolute atomic E-state index is 11.8. The van der Waals surface area contributed by atoms with Crippen LogP contribution in [0.1, 0.15) is 28.9 Å². The Hall–Kier alpha value is -1.07.